The highest BCUT2D eigenvalue weighted by atomic mass is 19.4. The molecule has 0 spiro atoms. The van der Waals surface area contributed by atoms with E-state index in [4.69, 9.17) is 9.47 Å². The van der Waals surface area contributed by atoms with Crippen LogP contribution in [-0.4, -0.2) is 35.1 Å². The van der Waals surface area contributed by atoms with E-state index in [0.29, 0.717) is 24.1 Å². The number of rotatable bonds is 5. The summed E-state index contributed by atoms with van der Waals surface area (Å²) in [6.45, 7) is 11.6. The molecule has 2 atom stereocenters. The van der Waals surface area contributed by atoms with Crippen LogP contribution in [0.2, 0.25) is 0 Å². The second-order valence-corrected chi connectivity index (χ2v) is 9.97. The van der Waals surface area contributed by atoms with E-state index in [0.717, 1.165) is 5.70 Å². The highest BCUT2D eigenvalue weighted by Crippen LogP contribution is 2.43. The van der Waals surface area contributed by atoms with Crippen molar-refractivity contribution in [3.8, 4) is 5.75 Å². The van der Waals surface area contributed by atoms with Crippen molar-refractivity contribution in [2.75, 3.05) is 6.54 Å². The number of benzene rings is 1. The zero-order valence-electron chi connectivity index (χ0n) is 20.0. The lowest BCUT2D eigenvalue weighted by molar-refractivity contribution is -0.275. The van der Waals surface area contributed by atoms with Crippen LogP contribution in [0, 0.1) is 5.92 Å². The van der Waals surface area contributed by atoms with Gasteiger partial charge in [-0.2, -0.15) is 0 Å². The molecular weight excluding hydrogens is 435 g/mol. The number of fused-ring (bicyclic) bond motifs is 1. The molecule has 1 amide bonds. The van der Waals surface area contributed by atoms with Crippen LogP contribution in [0.15, 0.2) is 42.1 Å². The van der Waals surface area contributed by atoms with E-state index in [9.17, 15) is 18.0 Å². The van der Waals surface area contributed by atoms with Gasteiger partial charge < -0.3 is 14.2 Å². The first kappa shape index (κ1) is 25.1. The number of hydrogen-bond donors (Lipinski definition) is 0. The van der Waals surface area contributed by atoms with Crippen molar-refractivity contribution >= 4 is 6.09 Å². The molecule has 0 saturated carbocycles. The summed E-state index contributed by atoms with van der Waals surface area (Å²) in [7, 11) is 0. The Morgan fingerprint density at radius 3 is 2.55 bits per heavy atom. The summed E-state index contributed by atoms with van der Waals surface area (Å²) < 4.78 is 54.7. The van der Waals surface area contributed by atoms with Crippen LogP contribution >= 0.6 is 0 Å². The van der Waals surface area contributed by atoms with E-state index >= 15 is 0 Å². The maximum atomic E-state index is 12.9. The normalized spacial score (nSPS) is 22.9. The predicted molar refractivity (Wildman–Crippen MR) is 119 cm³/mol. The monoisotopic (exact) mass is 467 g/mol. The van der Waals surface area contributed by atoms with Crippen LogP contribution < -0.4 is 4.74 Å². The maximum Gasteiger partial charge on any atom is 0.573 e. The Kier molecular flexibility index (Phi) is 6.89. The third kappa shape index (κ3) is 6.10. The first-order valence-electron chi connectivity index (χ1n) is 11.1. The third-order valence-electron chi connectivity index (χ3n) is 5.79. The van der Waals surface area contributed by atoms with Crippen molar-refractivity contribution in [1.29, 1.82) is 0 Å². The van der Waals surface area contributed by atoms with Crippen LogP contribution in [-0.2, 0) is 16.1 Å². The van der Waals surface area contributed by atoms with Crippen LogP contribution in [0.5, 0.6) is 5.75 Å². The summed E-state index contributed by atoms with van der Waals surface area (Å²) in [4.78, 5) is 14.3. The van der Waals surface area contributed by atoms with E-state index < -0.39 is 23.7 Å². The molecular formula is C25H32F3NO4. The molecule has 1 aromatic carbocycles. The van der Waals surface area contributed by atoms with Crippen LogP contribution in [0.1, 0.15) is 65.0 Å². The van der Waals surface area contributed by atoms with E-state index in [2.05, 4.69) is 4.74 Å². The quantitative estimate of drug-likeness (QED) is 0.484. The van der Waals surface area contributed by atoms with Gasteiger partial charge in [-0.3, -0.25) is 4.90 Å². The van der Waals surface area contributed by atoms with E-state index in [1.165, 1.54) is 6.07 Å². The minimum absolute atomic E-state index is 0.0733. The molecule has 1 aromatic rings. The van der Waals surface area contributed by atoms with E-state index in [-0.39, 0.29) is 24.2 Å². The van der Waals surface area contributed by atoms with Gasteiger partial charge in [-0.1, -0.05) is 38.1 Å². The summed E-state index contributed by atoms with van der Waals surface area (Å²) in [5, 5.41) is 0. The second kappa shape index (κ2) is 9.05. The molecule has 1 aliphatic heterocycles. The van der Waals surface area contributed by atoms with Crippen LogP contribution in [0.4, 0.5) is 18.0 Å². The first-order chi connectivity index (χ1) is 15.2. The van der Waals surface area contributed by atoms with Gasteiger partial charge in [0.05, 0.1) is 12.2 Å². The molecule has 0 aromatic heterocycles. The van der Waals surface area contributed by atoms with Gasteiger partial charge in [0.2, 0.25) is 0 Å². The average Bonchev–Trinajstić information content (AvgIpc) is 3.10. The van der Waals surface area contributed by atoms with Crippen molar-refractivity contribution in [2.24, 2.45) is 5.92 Å². The number of carbonyl (C=O) groups is 1. The fraction of sp³-hybridized carbons (Fsp3) is 0.560. The number of likely N-dealkylation sites (tertiary alicyclic amines) is 1. The first-order valence-corrected chi connectivity index (χ1v) is 11.1. The molecule has 0 bridgehead atoms. The Morgan fingerprint density at radius 2 is 1.94 bits per heavy atom. The van der Waals surface area contributed by atoms with E-state index in [1.54, 1.807) is 17.0 Å². The molecule has 182 valence electrons. The summed E-state index contributed by atoms with van der Waals surface area (Å²) in [6, 6.07) is 4.79. The Bertz CT molecular complexity index is 946. The van der Waals surface area contributed by atoms with Gasteiger partial charge in [0.25, 0.3) is 0 Å². The highest BCUT2D eigenvalue weighted by molar-refractivity contribution is 5.71. The molecule has 2 aliphatic rings. The molecule has 2 unspecified atom stereocenters. The van der Waals surface area contributed by atoms with Crippen LogP contribution in [0.25, 0.3) is 0 Å². The number of nitrogens with zero attached hydrogens (tertiary/aromatic N) is 1. The van der Waals surface area contributed by atoms with Gasteiger partial charge in [0.1, 0.15) is 11.4 Å². The molecule has 0 radical (unpaired) electrons. The number of halogens is 3. The molecule has 1 saturated heterocycles. The lowest BCUT2D eigenvalue weighted by Gasteiger charge is -2.36. The molecule has 1 fully saturated rings. The van der Waals surface area contributed by atoms with Gasteiger partial charge >= 0.3 is 12.5 Å². The Hall–Kier alpha value is -2.48. The van der Waals surface area contributed by atoms with Crippen molar-refractivity contribution in [2.45, 2.75) is 78.1 Å². The number of amides is 1. The number of allylic oxidation sites excluding steroid dienone is 2. The van der Waals surface area contributed by atoms with Crippen molar-refractivity contribution in [3.63, 3.8) is 0 Å². The third-order valence-corrected chi connectivity index (χ3v) is 5.79. The average molecular weight is 468 g/mol. The number of alkyl halides is 3. The van der Waals surface area contributed by atoms with Crippen molar-refractivity contribution in [1.82, 2.24) is 4.90 Å². The zero-order chi connectivity index (χ0) is 24.6. The molecule has 3 rings (SSSR count). The van der Waals surface area contributed by atoms with Crippen LogP contribution in [0.3, 0.4) is 0 Å². The standard InChI is InChI=1S/C25H32F3NO4/c1-16(2)18-10-9-17(14-21(18)32-25(26,27)28)15-31-24(6)12-7-8-20-19(24)11-13-29(20)22(30)33-23(3,4)5/h7-10,12,14,16,19H,11,13,15H2,1-6H3. The largest absolute Gasteiger partial charge is 0.573 e. The summed E-state index contributed by atoms with van der Waals surface area (Å²) in [5.74, 6) is -0.405. The summed E-state index contributed by atoms with van der Waals surface area (Å²) in [6.07, 6.45) is 1.19. The maximum absolute atomic E-state index is 12.9. The minimum Gasteiger partial charge on any atom is -0.443 e. The Balaban J connectivity index is 1.75. The lowest BCUT2D eigenvalue weighted by atomic mass is 9.82. The number of hydrogen-bond acceptors (Lipinski definition) is 4. The lowest BCUT2D eigenvalue weighted by Crippen LogP contribution is -2.40. The Labute approximate surface area is 193 Å². The van der Waals surface area contributed by atoms with Gasteiger partial charge in [0, 0.05) is 18.2 Å². The number of ether oxygens (including phenoxy) is 3. The Morgan fingerprint density at radius 1 is 1.24 bits per heavy atom. The fourth-order valence-electron chi connectivity index (χ4n) is 4.22. The fourth-order valence-corrected chi connectivity index (χ4v) is 4.22. The number of carbonyl (C=O) groups excluding carboxylic acids is 1. The molecule has 5 nitrogen and oxygen atoms in total. The van der Waals surface area contributed by atoms with Gasteiger partial charge in [-0.25, -0.2) is 4.79 Å². The highest BCUT2D eigenvalue weighted by Gasteiger charge is 2.45. The SMILES string of the molecule is CC(C)c1ccc(COC2(C)C=CC=C3C2CCN3C(=O)OC(C)(C)C)cc1OC(F)(F)F. The molecule has 0 N–H and O–H groups in total. The van der Waals surface area contributed by atoms with Crippen molar-refractivity contribution in [3.05, 3.63) is 53.3 Å². The molecule has 33 heavy (non-hydrogen) atoms. The molecule has 1 heterocycles. The topological polar surface area (TPSA) is 48.0 Å². The van der Waals surface area contributed by atoms with Gasteiger partial charge in [0.15, 0.2) is 0 Å². The predicted octanol–water partition coefficient (Wildman–Crippen LogP) is 6.69. The zero-order valence-corrected chi connectivity index (χ0v) is 20.0. The van der Waals surface area contributed by atoms with Gasteiger partial charge in [-0.05, 0) is 63.3 Å². The smallest absolute Gasteiger partial charge is 0.443 e. The van der Waals surface area contributed by atoms with Crippen molar-refractivity contribution < 1.29 is 32.2 Å². The summed E-state index contributed by atoms with van der Waals surface area (Å²) in [5.41, 5.74) is 0.562. The molecule has 1 aliphatic carbocycles. The minimum atomic E-state index is -4.77. The second-order valence-electron chi connectivity index (χ2n) is 9.97. The molecule has 8 heteroatoms. The van der Waals surface area contributed by atoms with E-state index in [1.807, 2.05) is 59.8 Å². The summed E-state index contributed by atoms with van der Waals surface area (Å²) >= 11 is 0. The van der Waals surface area contributed by atoms with Gasteiger partial charge in [-0.15, -0.1) is 13.2 Å².